The van der Waals surface area contributed by atoms with Gasteiger partial charge in [-0.1, -0.05) is 30.3 Å². The first kappa shape index (κ1) is 19.4. The van der Waals surface area contributed by atoms with E-state index in [1.54, 1.807) is 0 Å². The zero-order valence-electron chi connectivity index (χ0n) is 15.4. The van der Waals surface area contributed by atoms with Crippen molar-refractivity contribution >= 4 is 11.8 Å². The number of amides is 2. The van der Waals surface area contributed by atoms with Crippen LogP contribution in [0.5, 0.6) is 0 Å². The first-order valence-corrected chi connectivity index (χ1v) is 8.80. The molecule has 138 valence electrons. The lowest BCUT2D eigenvalue weighted by Crippen LogP contribution is -2.55. The highest BCUT2D eigenvalue weighted by molar-refractivity contribution is 5.79. The number of hydrogen-bond donors (Lipinski definition) is 2. The molecule has 0 bridgehead atoms. The Morgan fingerprint density at radius 2 is 1.84 bits per heavy atom. The van der Waals surface area contributed by atoms with Gasteiger partial charge in [0.2, 0.25) is 11.8 Å². The topological polar surface area (TPSA) is 70.7 Å². The van der Waals surface area contributed by atoms with Gasteiger partial charge in [0.25, 0.3) is 0 Å². The zero-order chi connectivity index (χ0) is 18.3. The van der Waals surface area contributed by atoms with Crippen molar-refractivity contribution in [2.45, 2.75) is 38.8 Å². The van der Waals surface area contributed by atoms with Crippen LogP contribution in [0.3, 0.4) is 0 Å². The van der Waals surface area contributed by atoms with Crippen molar-refractivity contribution in [2.75, 3.05) is 32.8 Å². The van der Waals surface area contributed by atoms with Gasteiger partial charge in [-0.3, -0.25) is 14.5 Å². The smallest absolute Gasteiger partial charge is 0.222 e. The molecule has 0 saturated carbocycles. The third-order valence-electron chi connectivity index (χ3n) is 4.55. The molecule has 1 atom stereocenters. The summed E-state index contributed by atoms with van der Waals surface area (Å²) in [7, 11) is 0. The molecule has 1 heterocycles. The fourth-order valence-electron chi connectivity index (χ4n) is 3.04. The van der Waals surface area contributed by atoms with Crippen molar-refractivity contribution < 1.29 is 14.3 Å². The van der Waals surface area contributed by atoms with Gasteiger partial charge in [0, 0.05) is 32.1 Å². The second-order valence-corrected chi connectivity index (χ2v) is 7.06. The number of benzene rings is 1. The summed E-state index contributed by atoms with van der Waals surface area (Å²) in [4.78, 5) is 26.2. The summed E-state index contributed by atoms with van der Waals surface area (Å²) < 4.78 is 5.39. The van der Waals surface area contributed by atoms with Crippen molar-refractivity contribution in [2.24, 2.45) is 0 Å². The molecule has 2 rings (SSSR count). The zero-order valence-corrected chi connectivity index (χ0v) is 15.4. The van der Waals surface area contributed by atoms with Crippen LogP contribution in [0.15, 0.2) is 30.3 Å². The number of rotatable bonds is 7. The van der Waals surface area contributed by atoms with Crippen LogP contribution >= 0.6 is 0 Å². The van der Waals surface area contributed by atoms with Crippen molar-refractivity contribution in [3.05, 3.63) is 35.9 Å². The standard InChI is InChI=1S/C19H29N3O3/c1-15(23)21-17(16-7-5-4-6-8-16)13-18(24)20-14-19(2,3)22-9-11-25-12-10-22/h4-8,17H,9-14H2,1-3H3,(H,20,24)(H,21,23)/t17-/m0/s1. The highest BCUT2D eigenvalue weighted by Gasteiger charge is 2.29. The molecule has 0 aromatic heterocycles. The van der Waals surface area contributed by atoms with Crippen LogP contribution in [0, 0.1) is 0 Å². The molecule has 1 aromatic rings. The van der Waals surface area contributed by atoms with Gasteiger partial charge in [0.1, 0.15) is 0 Å². The molecule has 1 aliphatic rings. The Hall–Kier alpha value is -1.92. The van der Waals surface area contributed by atoms with Gasteiger partial charge in [0.15, 0.2) is 0 Å². The summed E-state index contributed by atoms with van der Waals surface area (Å²) in [6.45, 7) is 9.50. The SMILES string of the molecule is CC(=O)N[C@@H](CC(=O)NCC(C)(C)N1CCOCC1)c1ccccc1. The molecule has 1 saturated heterocycles. The molecule has 0 aliphatic carbocycles. The molecule has 2 N–H and O–H groups in total. The minimum absolute atomic E-state index is 0.0658. The van der Waals surface area contributed by atoms with E-state index in [9.17, 15) is 9.59 Å². The molecule has 6 heteroatoms. The lowest BCUT2D eigenvalue weighted by molar-refractivity contribution is -0.123. The van der Waals surface area contributed by atoms with Crippen LogP contribution in [0.1, 0.15) is 38.8 Å². The molecule has 2 amide bonds. The van der Waals surface area contributed by atoms with E-state index in [-0.39, 0.29) is 29.8 Å². The average Bonchev–Trinajstić information content (AvgIpc) is 2.61. The van der Waals surface area contributed by atoms with Crippen LogP contribution in [0.4, 0.5) is 0 Å². The molecule has 6 nitrogen and oxygen atoms in total. The Labute approximate surface area is 149 Å². The fraction of sp³-hybridized carbons (Fsp3) is 0.579. The minimum atomic E-state index is -0.315. The first-order valence-electron chi connectivity index (χ1n) is 8.80. The molecular formula is C19H29N3O3. The van der Waals surface area contributed by atoms with Gasteiger partial charge in [-0.2, -0.15) is 0 Å². The third kappa shape index (κ3) is 6.14. The van der Waals surface area contributed by atoms with Gasteiger partial charge >= 0.3 is 0 Å². The van der Waals surface area contributed by atoms with Crippen molar-refractivity contribution in [1.29, 1.82) is 0 Å². The highest BCUT2D eigenvalue weighted by Crippen LogP contribution is 2.18. The number of carbonyl (C=O) groups excluding carboxylic acids is 2. The van der Waals surface area contributed by atoms with E-state index in [0.717, 1.165) is 31.9 Å². The summed E-state index contributed by atoms with van der Waals surface area (Å²) in [6.07, 6.45) is 0.225. The third-order valence-corrected chi connectivity index (χ3v) is 4.55. The Kier molecular flexibility index (Phi) is 6.96. The van der Waals surface area contributed by atoms with E-state index in [1.807, 2.05) is 30.3 Å². The minimum Gasteiger partial charge on any atom is -0.379 e. The molecule has 0 spiro atoms. The van der Waals surface area contributed by atoms with Gasteiger partial charge in [-0.15, -0.1) is 0 Å². The summed E-state index contributed by atoms with van der Waals surface area (Å²) >= 11 is 0. The Balaban J connectivity index is 1.91. The second-order valence-electron chi connectivity index (χ2n) is 7.06. The summed E-state index contributed by atoms with van der Waals surface area (Å²) in [5.41, 5.74) is 0.802. The highest BCUT2D eigenvalue weighted by atomic mass is 16.5. The lowest BCUT2D eigenvalue weighted by atomic mass is 10.0. The van der Waals surface area contributed by atoms with E-state index < -0.39 is 0 Å². The molecule has 1 fully saturated rings. The van der Waals surface area contributed by atoms with Gasteiger partial charge in [-0.25, -0.2) is 0 Å². The normalized spacial score (nSPS) is 16.9. The first-order chi connectivity index (χ1) is 11.9. The number of carbonyl (C=O) groups is 2. The van der Waals surface area contributed by atoms with Crippen molar-refractivity contribution in [3.8, 4) is 0 Å². The summed E-state index contributed by atoms with van der Waals surface area (Å²) in [6, 6.07) is 9.26. The van der Waals surface area contributed by atoms with Crippen LogP contribution in [-0.4, -0.2) is 55.1 Å². The lowest BCUT2D eigenvalue weighted by Gasteiger charge is -2.40. The van der Waals surface area contributed by atoms with Crippen LogP contribution < -0.4 is 10.6 Å². The predicted octanol–water partition coefficient (Wildman–Crippen LogP) is 1.48. The maximum atomic E-state index is 12.4. The number of ether oxygens (including phenoxy) is 1. The molecule has 25 heavy (non-hydrogen) atoms. The van der Waals surface area contributed by atoms with E-state index in [0.29, 0.717) is 6.54 Å². The van der Waals surface area contributed by atoms with Gasteiger partial charge < -0.3 is 15.4 Å². The van der Waals surface area contributed by atoms with Crippen LogP contribution in [0.25, 0.3) is 0 Å². The Bertz CT molecular complexity index is 569. The van der Waals surface area contributed by atoms with Crippen molar-refractivity contribution in [3.63, 3.8) is 0 Å². The van der Waals surface area contributed by atoms with E-state index in [1.165, 1.54) is 6.92 Å². The molecule has 1 aromatic carbocycles. The summed E-state index contributed by atoms with van der Waals surface area (Å²) in [5.74, 6) is -0.209. The largest absolute Gasteiger partial charge is 0.379 e. The number of morpholine rings is 1. The second kappa shape index (κ2) is 8.97. The average molecular weight is 347 g/mol. The van der Waals surface area contributed by atoms with E-state index in [2.05, 4.69) is 29.4 Å². The maximum absolute atomic E-state index is 12.4. The van der Waals surface area contributed by atoms with Gasteiger partial charge in [0.05, 0.1) is 25.7 Å². The van der Waals surface area contributed by atoms with Gasteiger partial charge in [-0.05, 0) is 19.4 Å². The maximum Gasteiger partial charge on any atom is 0.222 e. The molecule has 0 unspecified atom stereocenters. The Morgan fingerprint density at radius 3 is 2.44 bits per heavy atom. The number of hydrogen-bond acceptors (Lipinski definition) is 4. The van der Waals surface area contributed by atoms with E-state index >= 15 is 0 Å². The van der Waals surface area contributed by atoms with Crippen LogP contribution in [0.2, 0.25) is 0 Å². The van der Waals surface area contributed by atoms with E-state index in [4.69, 9.17) is 4.74 Å². The predicted molar refractivity (Wildman–Crippen MR) is 97.1 cm³/mol. The monoisotopic (exact) mass is 347 g/mol. The molecule has 0 radical (unpaired) electrons. The van der Waals surface area contributed by atoms with Crippen molar-refractivity contribution in [1.82, 2.24) is 15.5 Å². The molecule has 1 aliphatic heterocycles. The summed E-state index contributed by atoms with van der Waals surface area (Å²) in [5, 5.41) is 5.88. The molecular weight excluding hydrogens is 318 g/mol. The number of nitrogens with one attached hydrogen (secondary N) is 2. The Morgan fingerprint density at radius 1 is 1.20 bits per heavy atom. The number of nitrogens with zero attached hydrogens (tertiary/aromatic N) is 1. The fourth-order valence-corrected chi connectivity index (χ4v) is 3.04. The quantitative estimate of drug-likeness (QED) is 0.784. The van der Waals surface area contributed by atoms with Crippen LogP contribution in [-0.2, 0) is 14.3 Å².